The molecule has 3 aromatic rings. The first-order valence-corrected chi connectivity index (χ1v) is 17.8. The van der Waals surface area contributed by atoms with Gasteiger partial charge in [-0.3, -0.25) is 9.80 Å². The Morgan fingerprint density at radius 3 is 2.43 bits per heavy atom. The maximum absolute atomic E-state index is 13.8. The molecule has 1 amide bonds. The van der Waals surface area contributed by atoms with Crippen molar-refractivity contribution in [2.75, 3.05) is 19.6 Å². The van der Waals surface area contributed by atoms with E-state index in [1.54, 1.807) is 17.0 Å². The molecule has 2 aliphatic heterocycles. The monoisotopic (exact) mass is 807 g/mol. The van der Waals surface area contributed by atoms with Crippen molar-refractivity contribution >= 4 is 52.2 Å². The van der Waals surface area contributed by atoms with E-state index >= 15 is 0 Å². The van der Waals surface area contributed by atoms with Crippen LogP contribution in [-0.2, 0) is 22.6 Å². The Balaban J connectivity index is 0.00000583. The molecular formula is C38H49BrCl2FN5O4. The number of carbonyl (C=O) groups excluding carboxylic acids is 1. The lowest BCUT2D eigenvalue weighted by Crippen LogP contribution is -2.55. The predicted molar refractivity (Wildman–Crippen MR) is 207 cm³/mol. The molecular weight excluding hydrogens is 760 g/mol. The molecule has 0 saturated carbocycles. The van der Waals surface area contributed by atoms with Gasteiger partial charge in [0.25, 0.3) is 0 Å². The molecule has 0 aromatic heterocycles. The summed E-state index contributed by atoms with van der Waals surface area (Å²) in [4.78, 5) is 22.5. The van der Waals surface area contributed by atoms with Crippen molar-refractivity contribution < 1.29 is 23.4 Å². The molecule has 2 unspecified atom stereocenters. The highest BCUT2D eigenvalue weighted by Gasteiger charge is 2.49. The van der Waals surface area contributed by atoms with Crippen molar-refractivity contribution in [1.82, 2.24) is 20.4 Å². The number of rotatable bonds is 9. The highest BCUT2D eigenvalue weighted by molar-refractivity contribution is 8.93. The molecule has 2 heterocycles. The third kappa shape index (κ3) is 11.4. The lowest BCUT2D eigenvalue weighted by Gasteiger charge is -2.36. The molecule has 2 N–H and O–H groups in total. The van der Waals surface area contributed by atoms with Gasteiger partial charge in [0.05, 0.1) is 23.7 Å². The fraction of sp³-hybridized carbons (Fsp3) is 0.474. The lowest BCUT2D eigenvalue weighted by atomic mass is 10.0. The summed E-state index contributed by atoms with van der Waals surface area (Å²) in [6.07, 6.45) is 1.19. The van der Waals surface area contributed by atoms with E-state index in [9.17, 15) is 9.18 Å². The summed E-state index contributed by atoms with van der Waals surface area (Å²) in [5.41, 5.74) is 0.557. The summed E-state index contributed by atoms with van der Waals surface area (Å²) in [7, 11) is 0. The quantitative estimate of drug-likeness (QED) is 0.165. The zero-order valence-electron chi connectivity index (χ0n) is 30.0. The number of benzene rings is 3. The van der Waals surface area contributed by atoms with Crippen LogP contribution < -0.4 is 15.4 Å². The van der Waals surface area contributed by atoms with Gasteiger partial charge in [-0.15, -0.1) is 17.0 Å². The van der Waals surface area contributed by atoms with Gasteiger partial charge in [0.15, 0.2) is 5.96 Å². The molecule has 5 rings (SSSR count). The Morgan fingerprint density at radius 1 is 1.06 bits per heavy atom. The standard InChI is InChI=1S/C38H48Cl2FN5O4.BrH/c1-25-33(46(38(5,6)49-25)36(47)50-37(2,3)4)23-43-35(44-29-16-18-45(19-17-29)24-26-10-8-7-9-11-26)42-22-27-12-13-28(39)20-34(27)48-30-14-15-32(41)31(40)21-30;/h7-15,20-21,25,29,33H,16-19,22-24H2,1-6H3,(H2,42,43,44);1H. The average Bonchev–Trinajstić information content (AvgIpc) is 3.28. The first kappa shape index (κ1) is 40.7. The molecule has 0 aliphatic carbocycles. The summed E-state index contributed by atoms with van der Waals surface area (Å²) in [6.45, 7) is 14.7. The molecule has 2 atom stereocenters. The summed E-state index contributed by atoms with van der Waals surface area (Å²) >= 11 is 12.4. The van der Waals surface area contributed by atoms with Crippen molar-refractivity contribution in [3.63, 3.8) is 0 Å². The second-order valence-corrected chi connectivity index (χ2v) is 15.2. The third-order valence-electron chi connectivity index (χ3n) is 8.73. The molecule has 51 heavy (non-hydrogen) atoms. The van der Waals surface area contributed by atoms with E-state index in [0.717, 1.165) is 38.0 Å². The van der Waals surface area contributed by atoms with Crippen LogP contribution in [0.1, 0.15) is 65.5 Å². The number of hydrogen-bond donors (Lipinski definition) is 2. The van der Waals surface area contributed by atoms with Crippen LogP contribution in [0.5, 0.6) is 11.5 Å². The SMILES string of the molecule is Br.CC1OC(C)(C)N(C(=O)OC(C)(C)C)C1CNC(=NCc1ccc(Cl)cc1Oc1ccc(F)c(Cl)c1)NC1CCN(Cc2ccccc2)CC1. The molecule has 3 aromatic carbocycles. The molecule has 13 heteroatoms. The number of nitrogens with one attached hydrogen (secondary N) is 2. The minimum absolute atomic E-state index is 0. The Morgan fingerprint density at radius 2 is 1.76 bits per heavy atom. The number of piperidine rings is 1. The Bertz CT molecular complexity index is 1650. The molecule has 0 spiro atoms. The van der Waals surface area contributed by atoms with Gasteiger partial charge >= 0.3 is 6.09 Å². The van der Waals surface area contributed by atoms with Crippen molar-refractivity contribution in [1.29, 1.82) is 0 Å². The number of hydrogen-bond acceptors (Lipinski definition) is 6. The van der Waals surface area contributed by atoms with Gasteiger partial charge in [-0.05, 0) is 84.2 Å². The number of aliphatic imine (C=N–C) groups is 1. The number of amides is 1. The minimum atomic E-state index is -0.858. The Hall–Kier alpha value is -3.09. The average molecular weight is 810 g/mol. The largest absolute Gasteiger partial charge is 0.457 e. The minimum Gasteiger partial charge on any atom is -0.457 e. The van der Waals surface area contributed by atoms with Crippen LogP contribution in [0.25, 0.3) is 0 Å². The number of nitrogens with zero attached hydrogens (tertiary/aromatic N) is 3. The smallest absolute Gasteiger partial charge is 0.412 e. The zero-order chi connectivity index (χ0) is 36.1. The zero-order valence-corrected chi connectivity index (χ0v) is 33.3. The first-order valence-electron chi connectivity index (χ1n) is 17.1. The highest BCUT2D eigenvalue weighted by Crippen LogP contribution is 2.34. The third-order valence-corrected chi connectivity index (χ3v) is 9.25. The fourth-order valence-corrected chi connectivity index (χ4v) is 6.67. The summed E-state index contributed by atoms with van der Waals surface area (Å²) in [5, 5.41) is 7.61. The lowest BCUT2D eigenvalue weighted by molar-refractivity contribution is -0.0755. The van der Waals surface area contributed by atoms with E-state index in [4.69, 9.17) is 42.4 Å². The molecule has 9 nitrogen and oxygen atoms in total. The van der Waals surface area contributed by atoms with Crippen molar-refractivity contribution in [2.45, 2.75) is 97.0 Å². The normalized spacial score (nSPS) is 19.7. The van der Waals surface area contributed by atoms with E-state index in [-0.39, 0.29) is 46.7 Å². The maximum Gasteiger partial charge on any atom is 0.412 e. The van der Waals surface area contributed by atoms with Crippen molar-refractivity contribution in [3.05, 3.63) is 93.7 Å². The van der Waals surface area contributed by atoms with Crippen LogP contribution in [0.4, 0.5) is 9.18 Å². The van der Waals surface area contributed by atoms with E-state index in [0.29, 0.717) is 29.0 Å². The van der Waals surface area contributed by atoms with Crippen LogP contribution in [0, 0.1) is 5.82 Å². The number of halogens is 4. The molecule has 2 fully saturated rings. The summed E-state index contributed by atoms with van der Waals surface area (Å²) in [6, 6.07) is 19.9. The highest BCUT2D eigenvalue weighted by atomic mass is 79.9. The van der Waals surface area contributed by atoms with Crippen molar-refractivity contribution in [3.8, 4) is 11.5 Å². The van der Waals surface area contributed by atoms with Crippen LogP contribution in [-0.4, -0.2) is 71.0 Å². The topological polar surface area (TPSA) is 87.7 Å². The second kappa shape index (κ2) is 17.6. The van der Waals surface area contributed by atoms with E-state index in [1.165, 1.54) is 23.8 Å². The molecule has 0 radical (unpaired) electrons. The Kier molecular flexibility index (Phi) is 14.1. The number of ether oxygens (including phenoxy) is 3. The Labute approximate surface area is 321 Å². The predicted octanol–water partition coefficient (Wildman–Crippen LogP) is 8.96. The molecule has 278 valence electrons. The van der Waals surface area contributed by atoms with E-state index in [2.05, 4.69) is 39.8 Å². The van der Waals surface area contributed by atoms with Gasteiger partial charge in [-0.1, -0.05) is 59.6 Å². The maximum atomic E-state index is 13.8. The van der Waals surface area contributed by atoms with Gasteiger partial charge in [0.2, 0.25) is 0 Å². The van der Waals surface area contributed by atoms with Crippen LogP contribution in [0.2, 0.25) is 10.0 Å². The van der Waals surface area contributed by atoms with Crippen LogP contribution in [0.15, 0.2) is 71.7 Å². The number of likely N-dealkylation sites (tertiary alicyclic amines) is 1. The number of carbonyl (C=O) groups is 1. The first-order chi connectivity index (χ1) is 23.7. The van der Waals surface area contributed by atoms with Crippen LogP contribution >= 0.6 is 40.2 Å². The molecule has 2 aliphatic rings. The second-order valence-electron chi connectivity index (χ2n) is 14.3. The van der Waals surface area contributed by atoms with Gasteiger partial charge < -0.3 is 24.8 Å². The van der Waals surface area contributed by atoms with Gasteiger partial charge in [0, 0.05) is 48.9 Å². The van der Waals surface area contributed by atoms with Gasteiger partial charge in [0.1, 0.15) is 28.6 Å². The summed E-state index contributed by atoms with van der Waals surface area (Å²) in [5.74, 6) is 0.923. The van der Waals surface area contributed by atoms with E-state index < -0.39 is 23.2 Å². The van der Waals surface area contributed by atoms with Gasteiger partial charge in [-0.25, -0.2) is 14.2 Å². The van der Waals surface area contributed by atoms with E-state index in [1.807, 2.05) is 53.7 Å². The number of guanidine groups is 1. The van der Waals surface area contributed by atoms with Gasteiger partial charge in [-0.2, -0.15) is 0 Å². The summed E-state index contributed by atoms with van der Waals surface area (Å²) < 4.78 is 31.9. The fourth-order valence-electron chi connectivity index (χ4n) is 6.33. The van der Waals surface area contributed by atoms with Crippen molar-refractivity contribution in [2.24, 2.45) is 4.99 Å². The van der Waals surface area contributed by atoms with Crippen LogP contribution in [0.3, 0.4) is 0 Å². The molecule has 2 saturated heterocycles. The molecule has 0 bridgehead atoms.